The maximum atomic E-state index is 11.8. The summed E-state index contributed by atoms with van der Waals surface area (Å²) in [4.78, 5) is 33.8. The number of nitrogens with one attached hydrogen (secondary N) is 2. The first kappa shape index (κ1) is 15.0. The van der Waals surface area contributed by atoms with Crippen LogP contribution in [0.2, 0.25) is 0 Å². The second kappa shape index (κ2) is 6.36. The monoisotopic (exact) mass is 292 g/mol. The van der Waals surface area contributed by atoms with Crippen molar-refractivity contribution in [1.82, 2.24) is 0 Å². The molecule has 0 aliphatic heterocycles. The van der Waals surface area contributed by atoms with E-state index in [1.807, 2.05) is 0 Å². The number of hydrogen-bond acceptors (Lipinski definition) is 4. The van der Waals surface area contributed by atoms with Gasteiger partial charge < -0.3 is 20.5 Å². The molecular formula is C14H16N2O5. The number of rotatable bonds is 6. The average Bonchev–Trinajstić information content (AvgIpc) is 3.21. The fourth-order valence-electron chi connectivity index (χ4n) is 1.96. The van der Waals surface area contributed by atoms with Crippen LogP contribution in [0.3, 0.4) is 0 Å². The van der Waals surface area contributed by atoms with Crippen LogP contribution in [0.5, 0.6) is 0 Å². The summed E-state index contributed by atoms with van der Waals surface area (Å²) in [6.45, 7) is -0.0310. The lowest BCUT2D eigenvalue weighted by Gasteiger charge is -2.07. The van der Waals surface area contributed by atoms with Crippen LogP contribution < -0.4 is 10.6 Å². The van der Waals surface area contributed by atoms with E-state index in [9.17, 15) is 14.4 Å². The highest BCUT2D eigenvalue weighted by Crippen LogP contribution is 2.39. The summed E-state index contributed by atoms with van der Waals surface area (Å²) in [5.41, 5.74) is 1.14. The second-order valence-electron chi connectivity index (χ2n) is 4.83. The Labute approximate surface area is 121 Å². The number of carbonyl (C=O) groups is 3. The molecule has 1 aromatic rings. The molecule has 1 aliphatic carbocycles. The van der Waals surface area contributed by atoms with Gasteiger partial charge in [-0.1, -0.05) is 0 Å². The molecule has 1 saturated carbocycles. The molecule has 7 nitrogen and oxygen atoms in total. The summed E-state index contributed by atoms with van der Waals surface area (Å²) in [7, 11) is 1.43. The predicted octanol–water partition coefficient (Wildman–Crippen LogP) is 0.931. The van der Waals surface area contributed by atoms with Gasteiger partial charge in [0.1, 0.15) is 6.61 Å². The number of aliphatic carboxylic acids is 1. The fourth-order valence-corrected chi connectivity index (χ4v) is 1.96. The quantitative estimate of drug-likeness (QED) is 0.723. The summed E-state index contributed by atoms with van der Waals surface area (Å²) < 4.78 is 4.70. The van der Waals surface area contributed by atoms with E-state index in [0.717, 1.165) is 0 Å². The van der Waals surface area contributed by atoms with Crippen LogP contribution in [0, 0.1) is 11.8 Å². The molecule has 0 aromatic heterocycles. The van der Waals surface area contributed by atoms with E-state index < -0.39 is 17.8 Å². The van der Waals surface area contributed by atoms with Crippen molar-refractivity contribution in [3.8, 4) is 0 Å². The molecule has 2 unspecified atom stereocenters. The Bertz CT molecular complexity index is 555. The number of methoxy groups -OCH3 is 1. The van der Waals surface area contributed by atoms with Crippen molar-refractivity contribution in [1.29, 1.82) is 0 Å². The molecule has 1 aliphatic rings. The first-order chi connectivity index (χ1) is 10.0. The molecule has 0 spiro atoms. The van der Waals surface area contributed by atoms with Crippen LogP contribution in [0.1, 0.15) is 6.42 Å². The highest BCUT2D eigenvalue weighted by atomic mass is 16.5. The van der Waals surface area contributed by atoms with E-state index in [1.165, 1.54) is 7.11 Å². The Morgan fingerprint density at radius 3 is 2.19 bits per heavy atom. The van der Waals surface area contributed by atoms with Crippen LogP contribution >= 0.6 is 0 Å². The molecule has 0 radical (unpaired) electrons. The minimum absolute atomic E-state index is 0.0310. The van der Waals surface area contributed by atoms with Gasteiger partial charge in [-0.3, -0.25) is 14.4 Å². The lowest BCUT2D eigenvalue weighted by atomic mass is 10.2. The smallest absolute Gasteiger partial charge is 0.307 e. The zero-order chi connectivity index (χ0) is 15.4. The van der Waals surface area contributed by atoms with Crippen molar-refractivity contribution in [3.05, 3.63) is 24.3 Å². The molecule has 112 valence electrons. The Balaban J connectivity index is 1.87. The number of ether oxygens (including phenoxy) is 1. The molecule has 0 saturated heterocycles. The van der Waals surface area contributed by atoms with Crippen molar-refractivity contribution in [2.24, 2.45) is 11.8 Å². The van der Waals surface area contributed by atoms with Gasteiger partial charge in [0.15, 0.2) is 0 Å². The van der Waals surface area contributed by atoms with Gasteiger partial charge in [-0.15, -0.1) is 0 Å². The van der Waals surface area contributed by atoms with Crippen molar-refractivity contribution < 1.29 is 24.2 Å². The third-order valence-electron chi connectivity index (χ3n) is 3.16. The fraction of sp³-hybridized carbons (Fsp3) is 0.357. The van der Waals surface area contributed by atoms with E-state index >= 15 is 0 Å². The van der Waals surface area contributed by atoms with E-state index in [2.05, 4.69) is 10.6 Å². The highest BCUT2D eigenvalue weighted by Gasteiger charge is 2.48. The molecule has 2 amide bonds. The molecule has 2 rings (SSSR count). The van der Waals surface area contributed by atoms with Crippen molar-refractivity contribution in [2.75, 3.05) is 24.4 Å². The second-order valence-corrected chi connectivity index (χ2v) is 4.83. The number of carboxylic acid groups (broad SMARTS) is 1. The molecule has 1 aromatic carbocycles. The number of carbonyl (C=O) groups excluding carboxylic acids is 2. The molecule has 0 bridgehead atoms. The number of amides is 2. The maximum Gasteiger partial charge on any atom is 0.307 e. The third kappa shape index (κ3) is 4.03. The minimum atomic E-state index is -0.939. The van der Waals surface area contributed by atoms with Crippen LogP contribution in [0.25, 0.3) is 0 Å². The summed E-state index contributed by atoms with van der Waals surface area (Å²) in [6.07, 6.45) is 0.381. The summed E-state index contributed by atoms with van der Waals surface area (Å²) >= 11 is 0. The van der Waals surface area contributed by atoms with Crippen LogP contribution in [-0.4, -0.2) is 36.6 Å². The first-order valence-electron chi connectivity index (χ1n) is 6.44. The van der Waals surface area contributed by atoms with Crippen LogP contribution in [0.15, 0.2) is 24.3 Å². The van der Waals surface area contributed by atoms with E-state index in [-0.39, 0.29) is 18.4 Å². The molecule has 3 N–H and O–H groups in total. The van der Waals surface area contributed by atoms with Crippen molar-refractivity contribution in [3.63, 3.8) is 0 Å². The standard InChI is InChI=1S/C14H16N2O5/c1-21-7-12(17)15-8-2-4-9(5-3-8)16-13(18)10-6-11(10)14(19)20/h2-5,10-11H,6-7H2,1H3,(H,15,17)(H,16,18)(H,19,20). The number of carboxylic acids is 1. The van der Waals surface area contributed by atoms with Gasteiger partial charge in [0.2, 0.25) is 11.8 Å². The molecule has 21 heavy (non-hydrogen) atoms. The minimum Gasteiger partial charge on any atom is -0.481 e. The van der Waals surface area contributed by atoms with E-state index in [1.54, 1.807) is 24.3 Å². The van der Waals surface area contributed by atoms with E-state index in [4.69, 9.17) is 9.84 Å². The van der Waals surface area contributed by atoms with Crippen molar-refractivity contribution >= 4 is 29.2 Å². The lowest BCUT2D eigenvalue weighted by Crippen LogP contribution is -2.18. The first-order valence-corrected chi connectivity index (χ1v) is 6.44. The van der Waals surface area contributed by atoms with Crippen LogP contribution in [0.4, 0.5) is 11.4 Å². The van der Waals surface area contributed by atoms with Gasteiger partial charge in [-0.2, -0.15) is 0 Å². The number of anilines is 2. The summed E-state index contributed by atoms with van der Waals surface area (Å²) in [6, 6.07) is 6.56. The average molecular weight is 292 g/mol. The molecular weight excluding hydrogens is 276 g/mol. The van der Waals surface area contributed by atoms with Crippen LogP contribution in [-0.2, 0) is 19.1 Å². The number of benzene rings is 1. The Morgan fingerprint density at radius 1 is 1.14 bits per heavy atom. The van der Waals surface area contributed by atoms with Gasteiger partial charge in [0.05, 0.1) is 11.8 Å². The van der Waals surface area contributed by atoms with Crippen molar-refractivity contribution in [2.45, 2.75) is 6.42 Å². The van der Waals surface area contributed by atoms with E-state index in [0.29, 0.717) is 17.8 Å². The van der Waals surface area contributed by atoms with Gasteiger partial charge in [-0.25, -0.2) is 0 Å². The molecule has 7 heteroatoms. The number of hydrogen-bond donors (Lipinski definition) is 3. The lowest BCUT2D eigenvalue weighted by molar-refractivity contribution is -0.139. The topological polar surface area (TPSA) is 105 Å². The molecule has 1 fully saturated rings. The van der Waals surface area contributed by atoms with Gasteiger partial charge in [0.25, 0.3) is 0 Å². The van der Waals surface area contributed by atoms with Gasteiger partial charge in [0, 0.05) is 18.5 Å². The Hall–Kier alpha value is -2.41. The Kier molecular flexibility index (Phi) is 4.54. The predicted molar refractivity (Wildman–Crippen MR) is 74.8 cm³/mol. The largest absolute Gasteiger partial charge is 0.481 e. The summed E-state index contributed by atoms with van der Waals surface area (Å²) in [5.74, 6) is -2.53. The zero-order valence-corrected chi connectivity index (χ0v) is 11.5. The van der Waals surface area contributed by atoms with Gasteiger partial charge in [-0.05, 0) is 30.7 Å². The Morgan fingerprint density at radius 2 is 1.71 bits per heavy atom. The maximum absolute atomic E-state index is 11.8. The molecule has 0 heterocycles. The highest BCUT2D eigenvalue weighted by molar-refractivity contribution is 5.98. The molecule has 2 atom stereocenters. The normalized spacial score (nSPS) is 19.7. The zero-order valence-electron chi connectivity index (χ0n) is 11.5. The SMILES string of the molecule is COCC(=O)Nc1ccc(NC(=O)C2CC2C(=O)O)cc1. The summed E-state index contributed by atoms with van der Waals surface area (Å²) in [5, 5.41) is 14.1. The third-order valence-corrected chi connectivity index (χ3v) is 3.16. The van der Waals surface area contributed by atoms with Gasteiger partial charge >= 0.3 is 5.97 Å².